The first-order valence-corrected chi connectivity index (χ1v) is 12.9. The number of hydrogen-bond acceptors (Lipinski definition) is 1. The maximum absolute atomic E-state index is 12.0. The van der Waals surface area contributed by atoms with Crippen molar-refractivity contribution in [1.82, 2.24) is 0 Å². The fourth-order valence-electron chi connectivity index (χ4n) is 4.81. The molecule has 0 amide bonds. The highest BCUT2D eigenvalue weighted by atomic mass is 31.2. The first-order valence-electron chi connectivity index (χ1n) is 10.9. The maximum Gasteiger partial charge on any atom is 0.135 e. The average molecular weight is 402 g/mol. The fourth-order valence-corrected chi connectivity index (χ4v) is 9.23. The highest BCUT2D eigenvalue weighted by molar-refractivity contribution is 7.95. The molecule has 0 aliphatic heterocycles. The van der Waals surface area contributed by atoms with Crippen LogP contribution in [0.25, 0.3) is 0 Å². The van der Waals surface area contributed by atoms with E-state index in [0.717, 1.165) is 44.7 Å². The Morgan fingerprint density at radius 1 is 0.690 bits per heavy atom. The zero-order valence-corrected chi connectivity index (χ0v) is 17.9. The lowest BCUT2D eigenvalue weighted by atomic mass is 10.0. The van der Waals surface area contributed by atoms with Gasteiger partial charge in [0.05, 0.1) is 6.16 Å². The van der Waals surface area contributed by atoms with Crippen LogP contribution in [0.4, 0.5) is 0 Å². The summed E-state index contributed by atoms with van der Waals surface area (Å²) in [5.74, 6) is 0.827. The minimum absolute atomic E-state index is 0.327. The van der Waals surface area contributed by atoms with Crippen molar-refractivity contribution in [1.29, 1.82) is 0 Å². The van der Waals surface area contributed by atoms with Gasteiger partial charge in [-0.05, 0) is 68.5 Å². The van der Waals surface area contributed by atoms with Crippen LogP contribution in [-0.4, -0.2) is 11.9 Å². The molecule has 0 radical (unpaired) electrons. The number of hydrogen-bond donors (Lipinski definition) is 0. The lowest BCUT2D eigenvalue weighted by molar-refractivity contribution is -0.120. The Bertz CT molecular complexity index is 808. The summed E-state index contributed by atoms with van der Waals surface area (Å²) in [6.07, 6.45) is 7.54. The van der Waals surface area contributed by atoms with E-state index >= 15 is 0 Å². The Morgan fingerprint density at radius 3 is 1.59 bits per heavy atom. The molecule has 1 atom stereocenters. The largest absolute Gasteiger partial charge is 0.299 e. The van der Waals surface area contributed by atoms with Crippen molar-refractivity contribution in [3.05, 3.63) is 91.0 Å². The molecule has 0 heterocycles. The molecular weight excluding hydrogens is 371 g/mol. The van der Waals surface area contributed by atoms with Crippen molar-refractivity contribution >= 4 is 29.0 Å². The molecule has 29 heavy (non-hydrogen) atoms. The number of rotatable bonds is 8. The summed E-state index contributed by atoms with van der Waals surface area (Å²) in [6.45, 7) is 0. The summed E-state index contributed by atoms with van der Waals surface area (Å²) in [6, 6.07) is 33.3. The minimum Gasteiger partial charge on any atom is -0.299 e. The number of Topliss-reactive ketones (excluding diaryl/α,β-unsaturated/α-hetero) is 1. The smallest absolute Gasteiger partial charge is 0.135 e. The van der Waals surface area contributed by atoms with E-state index in [1.54, 1.807) is 0 Å². The lowest BCUT2D eigenvalue weighted by Gasteiger charge is -2.28. The highest BCUT2D eigenvalue weighted by Crippen LogP contribution is 2.56. The molecule has 0 bridgehead atoms. The molecule has 0 saturated heterocycles. The third-order valence-corrected chi connectivity index (χ3v) is 10.8. The number of ketones is 1. The summed E-state index contributed by atoms with van der Waals surface area (Å²) in [7, 11) is -1.71. The van der Waals surface area contributed by atoms with Crippen LogP contribution in [0, 0.1) is 5.92 Å². The van der Waals surface area contributed by atoms with Crippen LogP contribution < -0.4 is 15.9 Å². The van der Waals surface area contributed by atoms with E-state index in [1.807, 2.05) is 0 Å². The van der Waals surface area contributed by atoms with Crippen LogP contribution in [-0.2, 0) is 4.79 Å². The number of benzene rings is 3. The van der Waals surface area contributed by atoms with Crippen LogP contribution in [0.3, 0.4) is 0 Å². The molecule has 4 rings (SSSR count). The molecule has 1 aliphatic carbocycles. The quantitative estimate of drug-likeness (QED) is 0.359. The third kappa shape index (κ3) is 4.36. The summed E-state index contributed by atoms with van der Waals surface area (Å²) in [5.41, 5.74) is 0. The number of carbonyl (C=O) groups is 1. The first kappa shape index (κ1) is 20.0. The van der Waals surface area contributed by atoms with Gasteiger partial charge in [0.1, 0.15) is 29.0 Å². The van der Waals surface area contributed by atoms with E-state index in [4.69, 9.17) is 0 Å². The van der Waals surface area contributed by atoms with E-state index in [-0.39, 0.29) is 0 Å². The van der Waals surface area contributed by atoms with Gasteiger partial charge in [0.25, 0.3) is 0 Å². The van der Waals surface area contributed by atoms with E-state index < -0.39 is 7.26 Å². The highest BCUT2D eigenvalue weighted by Gasteiger charge is 2.44. The molecular formula is C27H30OP+. The van der Waals surface area contributed by atoms with E-state index in [9.17, 15) is 4.79 Å². The van der Waals surface area contributed by atoms with Crippen molar-refractivity contribution in [2.45, 2.75) is 38.5 Å². The standard InChI is InChI=1S/C27H30OP/c28-27-21-12-14-23(27)13-10-11-22-29(24-15-4-1-5-16-24,25-17-6-2-7-18-25)26-19-8-3-9-20-26/h1-9,15-20,23H,10-14,21-22H2/q+1. The van der Waals surface area contributed by atoms with Gasteiger partial charge in [0.2, 0.25) is 0 Å². The molecule has 1 aliphatic rings. The van der Waals surface area contributed by atoms with Crippen LogP contribution >= 0.6 is 7.26 Å². The van der Waals surface area contributed by atoms with Crippen molar-refractivity contribution in [2.24, 2.45) is 5.92 Å². The minimum atomic E-state index is -1.71. The first-order chi connectivity index (χ1) is 14.3. The van der Waals surface area contributed by atoms with E-state index in [2.05, 4.69) is 91.0 Å². The topological polar surface area (TPSA) is 17.1 Å². The molecule has 1 fully saturated rings. The molecule has 3 aromatic rings. The van der Waals surface area contributed by atoms with Crippen molar-refractivity contribution in [3.8, 4) is 0 Å². The maximum atomic E-state index is 12.0. The Kier molecular flexibility index (Phi) is 6.57. The number of unbranched alkanes of at least 4 members (excludes halogenated alkanes) is 1. The summed E-state index contributed by atoms with van der Waals surface area (Å²) < 4.78 is 0. The van der Waals surface area contributed by atoms with Gasteiger partial charge < -0.3 is 0 Å². The van der Waals surface area contributed by atoms with Gasteiger partial charge in [-0.2, -0.15) is 0 Å². The van der Waals surface area contributed by atoms with Crippen molar-refractivity contribution < 1.29 is 4.79 Å². The van der Waals surface area contributed by atoms with Gasteiger partial charge in [-0.15, -0.1) is 0 Å². The van der Waals surface area contributed by atoms with Gasteiger partial charge in [-0.3, -0.25) is 4.79 Å². The predicted octanol–water partition coefficient (Wildman–Crippen LogP) is 5.52. The lowest BCUT2D eigenvalue weighted by Crippen LogP contribution is -2.33. The van der Waals surface area contributed by atoms with Gasteiger partial charge >= 0.3 is 0 Å². The zero-order chi connectivity index (χ0) is 19.9. The van der Waals surface area contributed by atoms with Crippen molar-refractivity contribution in [2.75, 3.05) is 6.16 Å². The second kappa shape index (κ2) is 9.51. The van der Waals surface area contributed by atoms with Crippen molar-refractivity contribution in [3.63, 3.8) is 0 Å². The van der Waals surface area contributed by atoms with Gasteiger partial charge in [0.15, 0.2) is 0 Å². The van der Waals surface area contributed by atoms with Gasteiger partial charge in [-0.25, -0.2) is 0 Å². The molecule has 0 spiro atoms. The average Bonchev–Trinajstić information content (AvgIpc) is 3.20. The molecule has 2 heteroatoms. The monoisotopic (exact) mass is 401 g/mol. The van der Waals surface area contributed by atoms with Crippen LogP contribution in [0.2, 0.25) is 0 Å². The normalized spacial score (nSPS) is 16.8. The summed E-state index contributed by atoms with van der Waals surface area (Å²) in [5, 5.41) is 4.36. The summed E-state index contributed by atoms with van der Waals surface area (Å²) in [4.78, 5) is 12.0. The molecule has 0 aromatic heterocycles. The molecule has 1 nitrogen and oxygen atoms in total. The van der Waals surface area contributed by atoms with Crippen LogP contribution in [0.5, 0.6) is 0 Å². The third-order valence-electron chi connectivity index (χ3n) is 6.32. The Labute approximate surface area is 175 Å². The Balaban J connectivity index is 1.67. The predicted molar refractivity (Wildman–Crippen MR) is 126 cm³/mol. The molecule has 0 N–H and O–H groups in total. The van der Waals surface area contributed by atoms with Crippen LogP contribution in [0.1, 0.15) is 38.5 Å². The van der Waals surface area contributed by atoms with Gasteiger partial charge in [0, 0.05) is 12.3 Å². The van der Waals surface area contributed by atoms with E-state index in [0.29, 0.717) is 11.7 Å². The second-order valence-electron chi connectivity index (χ2n) is 8.09. The second-order valence-corrected chi connectivity index (χ2v) is 11.7. The molecule has 148 valence electrons. The molecule has 1 unspecified atom stereocenters. The fraction of sp³-hybridized carbons (Fsp3) is 0.296. The SMILES string of the molecule is O=C1CCCC1CCCC[P+](c1ccccc1)(c1ccccc1)c1ccccc1. The van der Waals surface area contributed by atoms with Gasteiger partial charge in [-0.1, -0.05) is 54.6 Å². The van der Waals surface area contributed by atoms with E-state index in [1.165, 1.54) is 15.9 Å². The number of carbonyl (C=O) groups excluding carboxylic acids is 1. The molecule has 1 saturated carbocycles. The van der Waals surface area contributed by atoms with Crippen LogP contribution in [0.15, 0.2) is 91.0 Å². The zero-order valence-electron chi connectivity index (χ0n) is 17.0. The summed E-state index contributed by atoms with van der Waals surface area (Å²) >= 11 is 0. The Morgan fingerprint density at radius 2 is 1.17 bits per heavy atom. The molecule has 3 aromatic carbocycles. The Hall–Kier alpha value is -2.24.